The van der Waals surface area contributed by atoms with E-state index in [4.69, 9.17) is 0 Å². The normalized spacial score (nSPS) is 11.8. The molecule has 0 unspecified atom stereocenters. The first kappa shape index (κ1) is 29.0. The lowest BCUT2D eigenvalue weighted by molar-refractivity contribution is 1.58. The summed E-state index contributed by atoms with van der Waals surface area (Å²) >= 11 is 0. The third kappa shape index (κ3) is 4.10. The van der Waals surface area contributed by atoms with Crippen molar-refractivity contribution in [3.8, 4) is 44.5 Å². The molecule has 0 amide bonds. The summed E-state index contributed by atoms with van der Waals surface area (Å²) in [6.07, 6.45) is 0. The van der Waals surface area contributed by atoms with Gasteiger partial charge in [-0.25, -0.2) is 0 Å². The molecule has 0 aliphatic rings. The summed E-state index contributed by atoms with van der Waals surface area (Å²) in [4.78, 5) is 0. The Morgan fingerprint density at radius 3 is 1.00 bits per heavy atom. The smallest absolute Gasteiger partial charge is 0.000740 e. The SMILES string of the molecule is c1ccc(-c2cccc(-c3ccccc3)c2-c2c3ccccc3c3c4c2cccc4c2cccc4c(-c5ccccc5)c5ccccc5c3c42)cc1. The van der Waals surface area contributed by atoms with Gasteiger partial charge in [0.25, 0.3) is 0 Å². The highest BCUT2D eigenvalue weighted by atomic mass is 14.3. The van der Waals surface area contributed by atoms with Crippen molar-refractivity contribution in [2.24, 2.45) is 0 Å². The molecule has 0 heterocycles. The van der Waals surface area contributed by atoms with Crippen LogP contribution < -0.4 is 0 Å². The summed E-state index contributed by atoms with van der Waals surface area (Å²) in [5.74, 6) is 0. The Hall–Kier alpha value is -6.76. The maximum absolute atomic E-state index is 2.37. The molecule has 0 aliphatic heterocycles. The molecule has 0 bridgehead atoms. The molecule has 0 spiro atoms. The molecule has 11 aromatic rings. The van der Waals surface area contributed by atoms with Crippen molar-refractivity contribution in [1.82, 2.24) is 0 Å². The highest BCUT2D eigenvalue weighted by molar-refractivity contribution is 6.45. The van der Waals surface area contributed by atoms with E-state index >= 15 is 0 Å². The summed E-state index contributed by atoms with van der Waals surface area (Å²) in [5.41, 5.74) is 10.0. The minimum atomic E-state index is 1.22. The molecule has 0 aromatic heterocycles. The van der Waals surface area contributed by atoms with Crippen LogP contribution in [0.4, 0.5) is 0 Å². The van der Waals surface area contributed by atoms with E-state index in [0.717, 1.165) is 0 Å². The first-order valence-corrected chi connectivity index (χ1v) is 18.1. The fourth-order valence-corrected chi connectivity index (χ4v) is 9.15. The van der Waals surface area contributed by atoms with Crippen molar-refractivity contribution in [2.75, 3.05) is 0 Å². The standard InChI is InChI=1S/C52H32/c1-4-17-33(18-5-1)36-27-14-28-37(34-19-6-2-7-20-34)47(36)48-39-24-11-13-26-43(39)52-50-41(30-16-32-45(48)50)40-29-15-31-44-46(35-21-8-3-9-22-35)38-23-10-12-25-42(38)51(52)49(40)44/h1-32H. The topological polar surface area (TPSA) is 0 Å². The Morgan fingerprint density at radius 2 is 0.500 bits per heavy atom. The maximum Gasteiger partial charge on any atom is -0.000740 e. The number of benzene rings is 11. The van der Waals surface area contributed by atoms with Crippen LogP contribution in [0.15, 0.2) is 194 Å². The summed E-state index contributed by atoms with van der Waals surface area (Å²) in [6.45, 7) is 0. The van der Waals surface area contributed by atoms with E-state index in [0.29, 0.717) is 0 Å². The molecule has 0 N–H and O–H groups in total. The zero-order chi connectivity index (χ0) is 34.2. The van der Waals surface area contributed by atoms with E-state index in [9.17, 15) is 0 Å². The first-order chi connectivity index (χ1) is 25.9. The average molecular weight is 657 g/mol. The summed E-state index contributed by atoms with van der Waals surface area (Å²) in [7, 11) is 0. The fourth-order valence-electron chi connectivity index (χ4n) is 9.15. The van der Waals surface area contributed by atoms with Crippen LogP contribution in [0.25, 0.3) is 109 Å². The Bertz CT molecular complexity index is 3080. The van der Waals surface area contributed by atoms with Gasteiger partial charge in [0, 0.05) is 0 Å². The minimum Gasteiger partial charge on any atom is -0.0622 e. The summed E-state index contributed by atoms with van der Waals surface area (Å²) in [5, 5.41) is 15.7. The Kier molecular flexibility index (Phi) is 6.35. The molecule has 0 atom stereocenters. The van der Waals surface area contributed by atoms with Gasteiger partial charge in [-0.3, -0.25) is 0 Å². The zero-order valence-corrected chi connectivity index (χ0v) is 28.5. The second-order valence-electron chi connectivity index (χ2n) is 13.9. The van der Waals surface area contributed by atoms with Crippen LogP contribution in [0.3, 0.4) is 0 Å². The van der Waals surface area contributed by atoms with Gasteiger partial charge in [-0.1, -0.05) is 194 Å². The van der Waals surface area contributed by atoms with Crippen molar-refractivity contribution in [3.63, 3.8) is 0 Å². The lowest BCUT2D eigenvalue weighted by Crippen LogP contribution is -1.96. The van der Waals surface area contributed by atoms with E-state index in [1.54, 1.807) is 0 Å². The first-order valence-electron chi connectivity index (χ1n) is 18.1. The lowest BCUT2D eigenvalue weighted by atomic mass is 9.78. The molecule has 11 rings (SSSR count). The van der Waals surface area contributed by atoms with E-state index in [1.165, 1.54) is 109 Å². The Balaban J connectivity index is 1.41. The van der Waals surface area contributed by atoms with Gasteiger partial charge in [-0.15, -0.1) is 0 Å². The monoisotopic (exact) mass is 656 g/mol. The van der Waals surface area contributed by atoms with Crippen LogP contribution in [0.5, 0.6) is 0 Å². The third-order valence-corrected chi connectivity index (χ3v) is 11.2. The molecule has 0 saturated carbocycles. The third-order valence-electron chi connectivity index (χ3n) is 11.2. The van der Waals surface area contributed by atoms with Gasteiger partial charge in [0.1, 0.15) is 0 Å². The van der Waals surface area contributed by atoms with E-state index in [1.807, 2.05) is 0 Å². The van der Waals surface area contributed by atoms with E-state index in [-0.39, 0.29) is 0 Å². The summed E-state index contributed by atoms with van der Waals surface area (Å²) in [6, 6.07) is 71.6. The minimum absolute atomic E-state index is 1.22. The molecule has 11 aromatic carbocycles. The molecule has 240 valence electrons. The summed E-state index contributed by atoms with van der Waals surface area (Å²) < 4.78 is 0. The molecule has 0 radical (unpaired) electrons. The fraction of sp³-hybridized carbons (Fsp3) is 0. The van der Waals surface area contributed by atoms with Crippen molar-refractivity contribution < 1.29 is 0 Å². The van der Waals surface area contributed by atoms with Gasteiger partial charge in [-0.2, -0.15) is 0 Å². The average Bonchev–Trinajstić information content (AvgIpc) is 3.22. The molecule has 0 heteroatoms. The Morgan fingerprint density at radius 1 is 0.173 bits per heavy atom. The highest BCUT2D eigenvalue weighted by Crippen LogP contribution is 2.53. The van der Waals surface area contributed by atoms with E-state index < -0.39 is 0 Å². The maximum atomic E-state index is 2.37. The van der Waals surface area contributed by atoms with Crippen LogP contribution in [0.2, 0.25) is 0 Å². The lowest BCUT2D eigenvalue weighted by Gasteiger charge is -2.24. The van der Waals surface area contributed by atoms with Gasteiger partial charge in [0.05, 0.1) is 0 Å². The predicted octanol–water partition coefficient (Wildman–Crippen LogP) is 14.7. The van der Waals surface area contributed by atoms with Crippen molar-refractivity contribution in [2.45, 2.75) is 0 Å². The van der Waals surface area contributed by atoms with Gasteiger partial charge in [0.15, 0.2) is 0 Å². The second-order valence-corrected chi connectivity index (χ2v) is 13.9. The van der Waals surface area contributed by atoms with Gasteiger partial charge < -0.3 is 0 Å². The van der Waals surface area contributed by atoms with Crippen LogP contribution >= 0.6 is 0 Å². The largest absolute Gasteiger partial charge is 0.0622 e. The van der Waals surface area contributed by atoms with Gasteiger partial charge in [0.2, 0.25) is 0 Å². The Labute approximate surface area is 302 Å². The van der Waals surface area contributed by atoms with Crippen LogP contribution in [-0.2, 0) is 0 Å². The molecule has 0 nitrogen and oxygen atoms in total. The molecule has 52 heavy (non-hydrogen) atoms. The van der Waals surface area contributed by atoms with E-state index in [2.05, 4.69) is 194 Å². The van der Waals surface area contributed by atoms with Crippen molar-refractivity contribution in [1.29, 1.82) is 0 Å². The second kappa shape index (κ2) is 11.4. The zero-order valence-electron chi connectivity index (χ0n) is 28.5. The number of rotatable bonds is 4. The van der Waals surface area contributed by atoms with Gasteiger partial charge in [-0.05, 0) is 109 Å². The van der Waals surface area contributed by atoms with Crippen LogP contribution in [0.1, 0.15) is 0 Å². The van der Waals surface area contributed by atoms with Crippen LogP contribution in [0, 0.1) is 0 Å². The number of fused-ring (bicyclic) bond motifs is 6. The van der Waals surface area contributed by atoms with Crippen LogP contribution in [-0.4, -0.2) is 0 Å². The molecule has 0 saturated heterocycles. The molecule has 0 fully saturated rings. The van der Waals surface area contributed by atoms with Gasteiger partial charge >= 0.3 is 0 Å². The predicted molar refractivity (Wildman–Crippen MR) is 224 cm³/mol. The number of hydrogen-bond acceptors (Lipinski definition) is 0. The quantitative estimate of drug-likeness (QED) is 0.131. The molecular weight excluding hydrogens is 625 g/mol. The van der Waals surface area contributed by atoms with Crippen molar-refractivity contribution in [3.05, 3.63) is 194 Å². The van der Waals surface area contributed by atoms with Crippen molar-refractivity contribution >= 4 is 64.6 Å². The molecular formula is C52H32. The molecule has 0 aliphatic carbocycles. The highest BCUT2D eigenvalue weighted by Gasteiger charge is 2.25. The number of hydrogen-bond donors (Lipinski definition) is 0.